The van der Waals surface area contributed by atoms with Gasteiger partial charge in [-0.15, -0.1) is 0 Å². The number of amides is 1. The summed E-state index contributed by atoms with van der Waals surface area (Å²) >= 11 is 0. The molecule has 0 N–H and O–H groups in total. The normalized spacial score (nSPS) is 29.6. The molecule has 1 heterocycles. The molecule has 1 aliphatic carbocycles. The smallest absolute Gasteiger partial charge is 0.240 e. The number of likely N-dealkylation sites (N-methyl/N-ethyl adjacent to an activating group) is 1. The van der Waals surface area contributed by atoms with E-state index in [4.69, 9.17) is 5.26 Å². The van der Waals surface area contributed by atoms with E-state index in [1.54, 1.807) is 4.90 Å². The van der Waals surface area contributed by atoms with Crippen LogP contribution in [0.5, 0.6) is 0 Å². The highest BCUT2D eigenvalue weighted by Crippen LogP contribution is 2.35. The third kappa shape index (κ3) is 2.24. The van der Waals surface area contributed by atoms with E-state index in [9.17, 15) is 4.79 Å². The fourth-order valence-corrected chi connectivity index (χ4v) is 3.74. The lowest BCUT2D eigenvalue weighted by molar-refractivity contribution is -0.151. The minimum Gasteiger partial charge on any atom is -0.343 e. The number of piperazine rings is 1. The number of nitrogens with zero attached hydrogens (tertiary/aromatic N) is 3. The molecule has 4 heteroatoms. The molecule has 0 aromatic rings. The Hall–Kier alpha value is -1.08. The Morgan fingerprint density at radius 2 is 2.00 bits per heavy atom. The fourth-order valence-electron chi connectivity index (χ4n) is 3.74. The molecule has 0 aromatic carbocycles. The van der Waals surface area contributed by atoms with Crippen LogP contribution in [0.25, 0.3) is 0 Å². The first kappa shape index (κ1) is 13.4. The molecular formula is C14H23N3O. The van der Waals surface area contributed by atoms with E-state index in [1.165, 1.54) is 25.7 Å². The molecule has 2 aliphatic rings. The number of nitriles is 1. The predicted octanol–water partition coefficient (Wildman–Crippen LogP) is 1.76. The van der Waals surface area contributed by atoms with Crippen LogP contribution in [0.2, 0.25) is 0 Å². The fraction of sp³-hybridized carbons (Fsp3) is 0.857. The van der Waals surface area contributed by atoms with Crippen molar-refractivity contribution >= 4 is 5.91 Å². The highest BCUT2D eigenvalue weighted by molar-refractivity contribution is 5.83. The monoisotopic (exact) mass is 249 g/mol. The van der Waals surface area contributed by atoms with E-state index in [0.29, 0.717) is 12.5 Å². The van der Waals surface area contributed by atoms with Crippen molar-refractivity contribution in [3.63, 3.8) is 0 Å². The summed E-state index contributed by atoms with van der Waals surface area (Å²) in [6, 6.07) is 2.43. The molecule has 0 spiro atoms. The molecule has 4 nitrogen and oxygen atoms in total. The first-order valence-corrected chi connectivity index (χ1v) is 6.88. The van der Waals surface area contributed by atoms with Crippen LogP contribution in [0.1, 0.15) is 46.0 Å². The van der Waals surface area contributed by atoms with Gasteiger partial charge in [-0.25, -0.2) is 0 Å². The maximum absolute atomic E-state index is 12.3. The Balaban J connectivity index is 2.29. The maximum Gasteiger partial charge on any atom is 0.240 e. The first-order chi connectivity index (χ1) is 8.47. The topological polar surface area (TPSA) is 47.3 Å². The molecule has 1 atom stereocenters. The Morgan fingerprint density at radius 3 is 2.56 bits per heavy atom. The highest BCUT2D eigenvalue weighted by atomic mass is 16.2. The van der Waals surface area contributed by atoms with Crippen LogP contribution in [0.15, 0.2) is 0 Å². The number of hydrogen-bond acceptors (Lipinski definition) is 3. The van der Waals surface area contributed by atoms with Crippen molar-refractivity contribution in [3.05, 3.63) is 0 Å². The van der Waals surface area contributed by atoms with Gasteiger partial charge in [0.2, 0.25) is 5.91 Å². The van der Waals surface area contributed by atoms with E-state index < -0.39 is 0 Å². The van der Waals surface area contributed by atoms with Crippen LogP contribution < -0.4 is 0 Å². The zero-order valence-corrected chi connectivity index (χ0v) is 11.6. The molecule has 0 aromatic heterocycles. The lowest BCUT2D eigenvalue weighted by atomic mass is 9.90. The van der Waals surface area contributed by atoms with E-state index >= 15 is 0 Å². The standard InChI is InChI=1S/C14H23N3O/c1-14(2)10-16(3)13(18)12(8-9-15)17(14)11-6-4-5-7-11/h11-12H,4-8,10H2,1-3H3. The van der Waals surface area contributed by atoms with E-state index in [2.05, 4.69) is 24.8 Å². The Bertz CT molecular complexity index is 366. The van der Waals surface area contributed by atoms with Crippen molar-refractivity contribution in [3.8, 4) is 6.07 Å². The van der Waals surface area contributed by atoms with Crippen LogP contribution in [0.3, 0.4) is 0 Å². The molecule has 18 heavy (non-hydrogen) atoms. The van der Waals surface area contributed by atoms with Crippen molar-refractivity contribution in [1.29, 1.82) is 5.26 Å². The van der Waals surface area contributed by atoms with Gasteiger partial charge < -0.3 is 4.90 Å². The lowest BCUT2D eigenvalue weighted by Crippen LogP contribution is -2.67. The molecule has 0 radical (unpaired) electrons. The summed E-state index contributed by atoms with van der Waals surface area (Å²) in [5, 5.41) is 9.01. The third-order valence-electron chi connectivity index (χ3n) is 4.32. The van der Waals surface area contributed by atoms with E-state index in [1.807, 2.05) is 7.05 Å². The zero-order valence-electron chi connectivity index (χ0n) is 11.6. The van der Waals surface area contributed by atoms with Gasteiger partial charge in [-0.05, 0) is 26.7 Å². The molecule has 2 rings (SSSR count). The molecule has 0 bridgehead atoms. The van der Waals surface area contributed by atoms with Crippen molar-refractivity contribution in [2.45, 2.75) is 63.6 Å². The van der Waals surface area contributed by atoms with Crippen LogP contribution in [-0.2, 0) is 4.79 Å². The summed E-state index contributed by atoms with van der Waals surface area (Å²) in [6.45, 7) is 5.14. The van der Waals surface area contributed by atoms with Crippen LogP contribution in [-0.4, -0.2) is 46.9 Å². The second-order valence-corrected chi connectivity index (χ2v) is 6.23. The van der Waals surface area contributed by atoms with Gasteiger partial charge in [0.15, 0.2) is 0 Å². The number of rotatable bonds is 2. The SMILES string of the molecule is CN1CC(C)(C)N(C2CCCC2)C(CC#N)C1=O. The van der Waals surface area contributed by atoms with Crippen molar-refractivity contribution in [2.75, 3.05) is 13.6 Å². The van der Waals surface area contributed by atoms with Gasteiger partial charge in [0.25, 0.3) is 0 Å². The second kappa shape index (κ2) is 4.89. The van der Waals surface area contributed by atoms with Gasteiger partial charge in [-0.3, -0.25) is 9.69 Å². The van der Waals surface area contributed by atoms with Crippen molar-refractivity contribution in [1.82, 2.24) is 9.80 Å². The molecule has 2 fully saturated rings. The molecule has 100 valence electrons. The van der Waals surface area contributed by atoms with Gasteiger partial charge in [0.05, 0.1) is 12.5 Å². The van der Waals surface area contributed by atoms with E-state index in [0.717, 1.165) is 6.54 Å². The van der Waals surface area contributed by atoms with Crippen LogP contribution in [0, 0.1) is 11.3 Å². The molecule has 1 saturated carbocycles. The third-order valence-corrected chi connectivity index (χ3v) is 4.32. The molecule has 1 amide bonds. The quantitative estimate of drug-likeness (QED) is 0.749. The Kier molecular flexibility index (Phi) is 3.63. The lowest BCUT2D eigenvalue weighted by Gasteiger charge is -2.52. The minimum absolute atomic E-state index is 0.0286. The van der Waals surface area contributed by atoms with E-state index in [-0.39, 0.29) is 17.5 Å². The van der Waals surface area contributed by atoms with Crippen LogP contribution in [0.4, 0.5) is 0 Å². The zero-order chi connectivity index (χ0) is 13.3. The summed E-state index contributed by atoms with van der Waals surface area (Å²) in [5.41, 5.74) is -0.0286. The van der Waals surface area contributed by atoms with Gasteiger partial charge in [-0.2, -0.15) is 5.26 Å². The molecule has 1 saturated heterocycles. The van der Waals surface area contributed by atoms with Crippen molar-refractivity contribution < 1.29 is 4.79 Å². The number of carbonyl (C=O) groups excluding carboxylic acids is 1. The average molecular weight is 249 g/mol. The highest BCUT2D eigenvalue weighted by Gasteiger charge is 2.47. The van der Waals surface area contributed by atoms with Crippen LogP contribution >= 0.6 is 0 Å². The summed E-state index contributed by atoms with van der Waals surface area (Å²) in [5.74, 6) is 0.114. The molecule has 1 aliphatic heterocycles. The van der Waals surface area contributed by atoms with Gasteiger partial charge in [0, 0.05) is 25.2 Å². The minimum atomic E-state index is -0.244. The average Bonchev–Trinajstić information content (AvgIpc) is 2.78. The second-order valence-electron chi connectivity index (χ2n) is 6.23. The molecular weight excluding hydrogens is 226 g/mol. The summed E-state index contributed by atoms with van der Waals surface area (Å²) in [6.07, 6.45) is 5.15. The van der Waals surface area contributed by atoms with Gasteiger partial charge in [-0.1, -0.05) is 12.8 Å². The Morgan fingerprint density at radius 1 is 1.39 bits per heavy atom. The maximum atomic E-state index is 12.3. The molecule has 1 unspecified atom stereocenters. The van der Waals surface area contributed by atoms with Gasteiger partial charge in [0.1, 0.15) is 6.04 Å². The summed E-state index contributed by atoms with van der Waals surface area (Å²) < 4.78 is 0. The largest absolute Gasteiger partial charge is 0.343 e. The summed E-state index contributed by atoms with van der Waals surface area (Å²) in [4.78, 5) is 16.4. The van der Waals surface area contributed by atoms with Crippen molar-refractivity contribution in [2.24, 2.45) is 0 Å². The van der Waals surface area contributed by atoms with Gasteiger partial charge >= 0.3 is 0 Å². The number of hydrogen-bond donors (Lipinski definition) is 0. The summed E-state index contributed by atoms with van der Waals surface area (Å²) in [7, 11) is 1.85. The number of carbonyl (C=O) groups is 1. The Labute approximate surface area is 110 Å². The first-order valence-electron chi connectivity index (χ1n) is 6.88. The predicted molar refractivity (Wildman–Crippen MR) is 69.8 cm³/mol.